The molecule has 0 saturated carbocycles. The Morgan fingerprint density at radius 2 is 2.00 bits per heavy atom. The van der Waals surface area contributed by atoms with Gasteiger partial charge in [0.2, 0.25) is 0 Å². The van der Waals surface area contributed by atoms with Crippen LogP contribution < -0.4 is 0 Å². The molecule has 0 unspecified atom stereocenters. The van der Waals surface area contributed by atoms with Crippen LogP contribution in [0.2, 0.25) is 0 Å². The van der Waals surface area contributed by atoms with Crippen LogP contribution in [0.4, 0.5) is 0 Å². The number of ether oxygens (including phenoxy) is 1. The van der Waals surface area contributed by atoms with E-state index in [4.69, 9.17) is 9.37 Å². The highest BCUT2D eigenvalue weighted by Crippen LogP contribution is 2.44. The second-order valence-corrected chi connectivity index (χ2v) is 6.94. The number of esters is 1. The number of nitro groups is 1. The van der Waals surface area contributed by atoms with Gasteiger partial charge in [-0.3, -0.25) is 10.1 Å². The fraction of sp³-hybridized carbons (Fsp3) is 0.389. The summed E-state index contributed by atoms with van der Waals surface area (Å²) < 4.78 is 10.1. The topological polar surface area (TPSA) is 161 Å². The molecule has 0 saturated heterocycles. The van der Waals surface area contributed by atoms with Gasteiger partial charge in [0.15, 0.2) is 0 Å². The Morgan fingerprint density at radius 1 is 1.27 bits per heavy atom. The van der Waals surface area contributed by atoms with Gasteiger partial charge in [-0.25, -0.2) is 9.42 Å². The van der Waals surface area contributed by atoms with Crippen molar-refractivity contribution in [1.82, 2.24) is 10.3 Å². The molecule has 30 heavy (non-hydrogen) atoms. The zero-order valence-electron chi connectivity index (χ0n) is 16.4. The number of allylic oxidation sites excluding steroid dienone is 3. The second-order valence-electron chi connectivity index (χ2n) is 6.94. The van der Waals surface area contributed by atoms with Gasteiger partial charge in [-0.1, -0.05) is 17.7 Å². The van der Waals surface area contributed by atoms with Crippen molar-refractivity contribution >= 4 is 17.0 Å². The lowest BCUT2D eigenvalue weighted by atomic mass is 9.78. The minimum Gasteiger partial charge on any atom is -0.457 e. The minimum absolute atomic E-state index is 0.0794. The number of carbonyl (C=O) groups excluding carboxylic acids is 1. The van der Waals surface area contributed by atoms with Gasteiger partial charge in [-0.2, -0.15) is 0 Å². The van der Waals surface area contributed by atoms with Gasteiger partial charge in [-0.05, 0) is 43.6 Å². The smallest absolute Gasteiger partial charge is 0.335 e. The Bertz CT molecular complexity index is 1090. The van der Waals surface area contributed by atoms with Gasteiger partial charge in [-0.15, -0.1) is 10.1 Å². The molecule has 158 valence electrons. The molecular weight excluding hydrogens is 400 g/mol. The maximum Gasteiger partial charge on any atom is 0.335 e. The van der Waals surface area contributed by atoms with Gasteiger partial charge in [0.1, 0.15) is 29.7 Å². The number of carbonyl (C=O) groups is 1. The van der Waals surface area contributed by atoms with E-state index < -0.39 is 34.6 Å². The van der Waals surface area contributed by atoms with Crippen molar-refractivity contribution in [3.63, 3.8) is 0 Å². The molecule has 2 atom stereocenters. The van der Waals surface area contributed by atoms with Crippen molar-refractivity contribution in [2.24, 2.45) is 0 Å². The molecule has 12 heteroatoms. The monoisotopic (exact) mass is 418 g/mol. The second kappa shape index (κ2) is 8.27. The number of hydrogen-bond donors (Lipinski definition) is 0. The Balaban J connectivity index is 2.06. The van der Waals surface area contributed by atoms with Gasteiger partial charge in [0.05, 0.1) is 10.5 Å². The van der Waals surface area contributed by atoms with E-state index in [0.29, 0.717) is 27.7 Å². The molecule has 12 nitrogen and oxygen atoms in total. The van der Waals surface area contributed by atoms with E-state index in [2.05, 4.69) is 15.2 Å². The number of benzene rings is 1. The van der Waals surface area contributed by atoms with Crippen LogP contribution in [0.15, 0.2) is 45.2 Å². The van der Waals surface area contributed by atoms with E-state index in [1.54, 1.807) is 32.0 Å². The zero-order valence-corrected chi connectivity index (χ0v) is 16.4. The van der Waals surface area contributed by atoms with Crippen LogP contribution in [0.25, 0.3) is 11.0 Å². The zero-order chi connectivity index (χ0) is 22.0. The van der Waals surface area contributed by atoms with Gasteiger partial charge in [0.25, 0.3) is 10.8 Å². The molecule has 1 heterocycles. The number of aromatic nitrogens is 2. The van der Waals surface area contributed by atoms with E-state index in [-0.39, 0.29) is 17.7 Å². The maximum absolute atomic E-state index is 13.0. The van der Waals surface area contributed by atoms with Gasteiger partial charge in [0, 0.05) is 11.1 Å². The molecule has 0 spiro atoms. The van der Waals surface area contributed by atoms with Crippen LogP contribution in [0, 0.1) is 20.2 Å². The average molecular weight is 418 g/mol. The van der Waals surface area contributed by atoms with Crippen LogP contribution in [-0.4, -0.2) is 39.0 Å². The van der Waals surface area contributed by atoms with Crippen LogP contribution in [-0.2, 0) is 14.4 Å². The van der Waals surface area contributed by atoms with Crippen LogP contribution >= 0.6 is 0 Å². The third kappa shape index (κ3) is 3.97. The fourth-order valence-corrected chi connectivity index (χ4v) is 3.58. The molecule has 3 rings (SSSR count). The highest BCUT2D eigenvalue weighted by atomic mass is 17.0. The van der Waals surface area contributed by atoms with Crippen LogP contribution in [0.5, 0.6) is 0 Å². The summed E-state index contributed by atoms with van der Waals surface area (Å²) in [6.45, 7) is 4.27. The Labute approximate surface area is 169 Å². The van der Waals surface area contributed by atoms with Crippen molar-refractivity contribution in [3.05, 3.63) is 66.4 Å². The first-order valence-electron chi connectivity index (χ1n) is 8.93. The van der Waals surface area contributed by atoms with E-state index in [9.17, 15) is 25.0 Å². The number of fused-ring (bicyclic) bond motifs is 1. The van der Waals surface area contributed by atoms with Gasteiger partial charge < -0.3 is 9.57 Å². The highest BCUT2D eigenvalue weighted by molar-refractivity contribution is 5.94. The lowest BCUT2D eigenvalue weighted by molar-refractivity contribution is -0.759. The molecule has 0 N–H and O–H groups in total. The van der Waals surface area contributed by atoms with Crippen molar-refractivity contribution in [3.8, 4) is 0 Å². The molecule has 1 aromatic carbocycles. The lowest BCUT2D eigenvalue weighted by Gasteiger charge is -2.26. The van der Waals surface area contributed by atoms with E-state index in [1.165, 1.54) is 6.92 Å². The third-order valence-electron chi connectivity index (χ3n) is 4.76. The molecule has 1 aromatic heterocycles. The first kappa shape index (κ1) is 20.9. The highest BCUT2D eigenvalue weighted by Gasteiger charge is 2.42. The van der Waals surface area contributed by atoms with Crippen molar-refractivity contribution in [1.29, 1.82) is 0 Å². The standard InChI is InChI=1S/C18H18N4O8/c1-9-7-10(2)17(21(24)25)15(12-5-4-6-13-16(12)20-30-19-13)14(9)18(23)29-11(3)8-28-22(26)27/h4-6,11,15H,7-8H2,1-3H3/t11-,15+/m1/s1. The van der Waals surface area contributed by atoms with Crippen LogP contribution in [0.1, 0.15) is 38.7 Å². The van der Waals surface area contributed by atoms with E-state index in [1.807, 2.05) is 0 Å². The normalized spacial score (nSPS) is 17.8. The third-order valence-corrected chi connectivity index (χ3v) is 4.76. The average Bonchev–Trinajstić information content (AvgIpc) is 3.14. The Kier molecular flexibility index (Phi) is 5.76. The Hall–Kier alpha value is -3.83. The van der Waals surface area contributed by atoms with Gasteiger partial charge >= 0.3 is 5.97 Å². The molecule has 0 fully saturated rings. The SMILES string of the molecule is CC1=C(C(=O)O[C@H](C)CO[N+](=O)[O-])[C@H](c2cccc3nonc23)C([N+](=O)[O-])=C(C)C1. The summed E-state index contributed by atoms with van der Waals surface area (Å²) >= 11 is 0. The first-order valence-corrected chi connectivity index (χ1v) is 8.93. The quantitative estimate of drug-likeness (QED) is 0.371. The van der Waals surface area contributed by atoms with Crippen molar-refractivity contribution < 1.29 is 29.0 Å². The summed E-state index contributed by atoms with van der Waals surface area (Å²) in [4.78, 5) is 39.0. The summed E-state index contributed by atoms with van der Waals surface area (Å²) in [5, 5.41) is 28.9. The minimum atomic E-state index is -1.07. The summed E-state index contributed by atoms with van der Waals surface area (Å²) in [5.74, 6) is -1.89. The molecule has 2 aromatic rings. The molecule has 1 aliphatic carbocycles. The van der Waals surface area contributed by atoms with Crippen molar-refractivity contribution in [2.75, 3.05) is 6.61 Å². The predicted octanol–water partition coefficient (Wildman–Crippen LogP) is 2.72. The summed E-state index contributed by atoms with van der Waals surface area (Å²) in [6, 6.07) is 4.88. The fourth-order valence-electron chi connectivity index (χ4n) is 3.58. The summed E-state index contributed by atoms with van der Waals surface area (Å²) in [6.07, 6.45) is -0.733. The van der Waals surface area contributed by atoms with E-state index in [0.717, 1.165) is 0 Å². The molecular formula is C18H18N4O8. The molecule has 0 radical (unpaired) electrons. The molecule has 1 aliphatic rings. The maximum atomic E-state index is 13.0. The molecule has 0 aliphatic heterocycles. The molecule has 0 amide bonds. The van der Waals surface area contributed by atoms with Crippen LogP contribution in [0.3, 0.4) is 0 Å². The number of nitrogens with zero attached hydrogens (tertiary/aromatic N) is 4. The summed E-state index contributed by atoms with van der Waals surface area (Å²) in [7, 11) is 0. The first-order chi connectivity index (χ1) is 14.2. The van der Waals surface area contributed by atoms with E-state index >= 15 is 0 Å². The summed E-state index contributed by atoms with van der Waals surface area (Å²) in [5.41, 5.74) is 2.06. The molecule has 0 bridgehead atoms. The Morgan fingerprint density at radius 3 is 2.67 bits per heavy atom. The number of hydrogen-bond acceptors (Lipinski definition) is 10. The van der Waals surface area contributed by atoms with Crippen molar-refractivity contribution in [2.45, 2.75) is 39.2 Å². The number of rotatable bonds is 7. The predicted molar refractivity (Wildman–Crippen MR) is 100 cm³/mol. The lowest BCUT2D eigenvalue weighted by Crippen LogP contribution is -2.29. The largest absolute Gasteiger partial charge is 0.457 e.